The Hall–Kier alpha value is -2.95. The molecule has 3 heterocycles. The molecule has 0 aliphatic heterocycles. The quantitative estimate of drug-likeness (QED) is 0.133. The average Bonchev–Trinajstić information content (AvgIpc) is 3.66. The number of nitrogens with zero attached hydrogens (tertiary/aromatic N) is 2. The third-order valence-corrected chi connectivity index (χ3v) is 11.1. The van der Waals surface area contributed by atoms with Crippen LogP contribution in [0.15, 0.2) is 97.3 Å². The number of fused-ring (bicyclic) bond motifs is 3. The normalized spacial score (nSPS) is 13.5. The van der Waals surface area contributed by atoms with Crippen LogP contribution in [0.4, 0.5) is 0 Å². The van der Waals surface area contributed by atoms with Crippen molar-refractivity contribution in [2.45, 2.75) is 51.2 Å². The zero-order valence-electron chi connectivity index (χ0n) is 23.8. The van der Waals surface area contributed by atoms with Crippen molar-refractivity contribution in [3.05, 3.63) is 115 Å². The second-order valence-electron chi connectivity index (χ2n) is 11.6. The largest absolute Gasteiger partial charge is 0.305 e. The zero-order chi connectivity index (χ0) is 27.5. The molecule has 1 radical (unpaired) electrons. The van der Waals surface area contributed by atoms with Gasteiger partial charge in [-0.1, -0.05) is 79.0 Å². The number of aromatic nitrogens is 2. The number of benzene rings is 3. The Morgan fingerprint density at radius 2 is 1.56 bits per heavy atom. The van der Waals surface area contributed by atoms with Crippen molar-refractivity contribution in [2.24, 2.45) is 0 Å². The van der Waals surface area contributed by atoms with E-state index in [4.69, 9.17) is 4.98 Å². The van der Waals surface area contributed by atoms with Crippen molar-refractivity contribution in [3.8, 4) is 22.5 Å². The SMILES string of the molecule is C[Si](C)(C)c1ccc2sc3c(-c4cc(C5CCCC5)ccn4)[c-]ccc3c2c1.[Ir].[c-]1ccccc1-c1ccccn1. The van der Waals surface area contributed by atoms with Crippen LogP contribution in [0.3, 0.4) is 0 Å². The fraction of sp³-hybridized carbons (Fsp3) is 0.222. The van der Waals surface area contributed by atoms with E-state index in [-0.39, 0.29) is 20.1 Å². The summed E-state index contributed by atoms with van der Waals surface area (Å²) in [6.07, 6.45) is 9.14. The van der Waals surface area contributed by atoms with Gasteiger partial charge in [-0.2, -0.15) is 11.3 Å². The Bertz CT molecular complexity index is 1700. The second kappa shape index (κ2) is 12.9. The van der Waals surface area contributed by atoms with Crippen LogP contribution in [0.2, 0.25) is 19.6 Å². The molecular formula is C36H34IrN2SSi-2. The monoisotopic (exact) mass is 747 g/mol. The minimum absolute atomic E-state index is 0. The molecule has 0 atom stereocenters. The molecule has 6 aromatic rings. The Morgan fingerprint density at radius 3 is 2.29 bits per heavy atom. The van der Waals surface area contributed by atoms with Gasteiger partial charge in [0.05, 0.1) is 8.07 Å². The van der Waals surface area contributed by atoms with Crippen LogP contribution in [-0.4, -0.2) is 18.0 Å². The first-order chi connectivity index (χ1) is 19.5. The summed E-state index contributed by atoms with van der Waals surface area (Å²) >= 11 is 1.88. The van der Waals surface area contributed by atoms with E-state index in [2.05, 4.69) is 79.2 Å². The van der Waals surface area contributed by atoms with Crippen LogP contribution in [-0.2, 0) is 20.1 Å². The zero-order valence-corrected chi connectivity index (χ0v) is 28.0. The Morgan fingerprint density at radius 1 is 0.756 bits per heavy atom. The molecule has 0 spiro atoms. The van der Waals surface area contributed by atoms with E-state index in [0.29, 0.717) is 5.92 Å². The maximum atomic E-state index is 4.74. The van der Waals surface area contributed by atoms with Gasteiger partial charge in [-0.15, -0.1) is 59.7 Å². The molecule has 1 fully saturated rings. The predicted octanol–water partition coefficient (Wildman–Crippen LogP) is 9.67. The molecule has 3 aromatic heterocycles. The Balaban J connectivity index is 0.000000218. The summed E-state index contributed by atoms with van der Waals surface area (Å²) in [6, 6.07) is 36.3. The van der Waals surface area contributed by atoms with E-state index in [0.717, 1.165) is 22.5 Å². The van der Waals surface area contributed by atoms with E-state index in [1.807, 2.05) is 60.0 Å². The number of hydrogen-bond acceptors (Lipinski definition) is 3. The summed E-state index contributed by atoms with van der Waals surface area (Å²) in [4.78, 5) is 8.96. The van der Waals surface area contributed by atoms with Crippen LogP contribution in [0, 0.1) is 12.1 Å². The van der Waals surface area contributed by atoms with Gasteiger partial charge in [0.1, 0.15) is 0 Å². The first kappa shape index (κ1) is 29.5. The molecule has 1 aliphatic carbocycles. The molecule has 7 rings (SSSR count). The van der Waals surface area contributed by atoms with Gasteiger partial charge in [0.15, 0.2) is 0 Å². The van der Waals surface area contributed by atoms with E-state index in [1.54, 1.807) is 6.20 Å². The van der Waals surface area contributed by atoms with Crippen LogP contribution in [0.5, 0.6) is 0 Å². The molecule has 5 heteroatoms. The summed E-state index contributed by atoms with van der Waals surface area (Å²) in [5, 5.41) is 4.26. The number of thiophene rings is 1. The van der Waals surface area contributed by atoms with Gasteiger partial charge in [-0.3, -0.25) is 0 Å². The number of pyridine rings is 2. The van der Waals surface area contributed by atoms with E-state index in [9.17, 15) is 0 Å². The fourth-order valence-corrected chi connectivity index (χ4v) is 7.92. The minimum Gasteiger partial charge on any atom is -0.305 e. The molecule has 1 saturated carbocycles. The van der Waals surface area contributed by atoms with Crippen molar-refractivity contribution in [3.63, 3.8) is 0 Å². The summed E-state index contributed by atoms with van der Waals surface area (Å²) < 4.78 is 2.69. The Labute approximate surface area is 262 Å². The second-order valence-corrected chi connectivity index (χ2v) is 17.7. The van der Waals surface area contributed by atoms with Gasteiger partial charge in [-0.05, 0) is 58.4 Å². The maximum absolute atomic E-state index is 4.74. The predicted molar refractivity (Wildman–Crippen MR) is 174 cm³/mol. The summed E-state index contributed by atoms with van der Waals surface area (Å²) in [5.41, 5.74) is 5.70. The van der Waals surface area contributed by atoms with Gasteiger partial charge < -0.3 is 9.97 Å². The minimum atomic E-state index is -1.33. The average molecular weight is 747 g/mol. The standard InChI is InChI=1S/C25H26NSSi.C11H8N.Ir/c1-28(2,3)19-11-12-24-22(16-19)20-9-6-10-21(25(20)27-24)23-15-18(13-14-26-23)17-7-4-5-8-17;1-2-6-10(7-3-1)11-8-4-5-9-12-11;/h6,9,11-17H,4-5,7-8H2,1-3H3;1-6,8-9H;/q2*-1;. The topological polar surface area (TPSA) is 25.8 Å². The van der Waals surface area contributed by atoms with Crippen molar-refractivity contribution in [2.75, 3.05) is 0 Å². The number of rotatable bonds is 4. The van der Waals surface area contributed by atoms with Crippen LogP contribution < -0.4 is 5.19 Å². The fourth-order valence-electron chi connectivity index (χ4n) is 5.57. The molecule has 1 aliphatic rings. The molecular weight excluding hydrogens is 713 g/mol. The smallest absolute Gasteiger partial charge is 0.0776 e. The van der Waals surface area contributed by atoms with E-state index >= 15 is 0 Å². The van der Waals surface area contributed by atoms with E-state index in [1.165, 1.54) is 56.6 Å². The first-order valence-corrected chi connectivity index (χ1v) is 18.5. The molecule has 0 bridgehead atoms. The van der Waals surface area contributed by atoms with E-state index < -0.39 is 8.07 Å². The summed E-state index contributed by atoms with van der Waals surface area (Å²) in [6.45, 7) is 7.25. The maximum Gasteiger partial charge on any atom is 0.0776 e. The van der Waals surface area contributed by atoms with Gasteiger partial charge in [-0.25, -0.2) is 0 Å². The van der Waals surface area contributed by atoms with Gasteiger partial charge >= 0.3 is 0 Å². The molecule has 41 heavy (non-hydrogen) atoms. The Kier molecular flexibility index (Phi) is 9.30. The molecule has 0 saturated heterocycles. The number of hydrogen-bond donors (Lipinski definition) is 0. The van der Waals surface area contributed by atoms with Crippen molar-refractivity contribution in [1.82, 2.24) is 9.97 Å². The van der Waals surface area contributed by atoms with Crippen LogP contribution >= 0.6 is 11.3 Å². The molecule has 2 nitrogen and oxygen atoms in total. The third kappa shape index (κ3) is 6.60. The molecule has 209 valence electrons. The van der Waals surface area contributed by atoms with Gasteiger partial charge in [0, 0.05) is 37.2 Å². The van der Waals surface area contributed by atoms with Crippen LogP contribution in [0.25, 0.3) is 42.7 Å². The van der Waals surface area contributed by atoms with Gasteiger partial charge in [0.2, 0.25) is 0 Å². The molecule has 0 N–H and O–H groups in total. The van der Waals surface area contributed by atoms with Gasteiger partial charge in [0.25, 0.3) is 0 Å². The van der Waals surface area contributed by atoms with Crippen molar-refractivity contribution < 1.29 is 20.1 Å². The van der Waals surface area contributed by atoms with Crippen molar-refractivity contribution in [1.29, 1.82) is 0 Å². The van der Waals surface area contributed by atoms with Crippen LogP contribution in [0.1, 0.15) is 37.2 Å². The summed E-state index contributed by atoms with van der Waals surface area (Å²) in [7, 11) is -1.33. The first-order valence-electron chi connectivity index (χ1n) is 14.2. The molecule has 3 aromatic carbocycles. The third-order valence-electron chi connectivity index (χ3n) is 7.81. The molecule has 0 amide bonds. The molecule has 0 unspecified atom stereocenters. The van der Waals surface area contributed by atoms with Crippen molar-refractivity contribution >= 4 is 44.8 Å². The summed E-state index contributed by atoms with van der Waals surface area (Å²) in [5.74, 6) is 0.711.